The third-order valence-electron chi connectivity index (χ3n) is 1.85. The molecule has 0 aliphatic heterocycles. The monoisotopic (exact) mass is 236 g/mol. The van der Waals surface area contributed by atoms with Crippen molar-refractivity contribution in [3.05, 3.63) is 29.8 Å². The minimum Gasteiger partial charge on any atom is -0.460 e. The van der Waals surface area contributed by atoms with E-state index < -0.39 is 17.8 Å². The molecule has 0 aromatic heterocycles. The first-order valence-electron chi connectivity index (χ1n) is 4.92. The molecule has 0 radical (unpaired) electrons. The summed E-state index contributed by atoms with van der Waals surface area (Å²) in [6, 6.07) is 5.13. The van der Waals surface area contributed by atoms with Gasteiger partial charge in [0, 0.05) is 11.3 Å². The normalized spacial score (nSPS) is 9.47. The summed E-state index contributed by atoms with van der Waals surface area (Å²) in [6.07, 6.45) is 0. The van der Waals surface area contributed by atoms with E-state index in [0.29, 0.717) is 5.69 Å². The fourth-order valence-corrected chi connectivity index (χ4v) is 1.19. The summed E-state index contributed by atoms with van der Waals surface area (Å²) in [4.78, 5) is 33.4. The van der Waals surface area contributed by atoms with Crippen molar-refractivity contribution in [2.24, 2.45) is 5.73 Å². The number of esters is 1. The van der Waals surface area contributed by atoms with Crippen molar-refractivity contribution in [2.75, 3.05) is 11.9 Å². The summed E-state index contributed by atoms with van der Waals surface area (Å²) in [6.45, 7) is 1.74. The lowest BCUT2D eigenvalue weighted by Crippen LogP contribution is -2.20. The van der Waals surface area contributed by atoms with Crippen LogP contribution in [0.5, 0.6) is 0 Å². The predicted molar refractivity (Wildman–Crippen MR) is 60.6 cm³/mol. The highest BCUT2D eigenvalue weighted by molar-refractivity contribution is 6.40. The largest absolute Gasteiger partial charge is 0.460 e. The molecule has 6 heteroatoms. The molecule has 0 spiro atoms. The van der Waals surface area contributed by atoms with Crippen LogP contribution in [0.3, 0.4) is 0 Å². The Labute approximate surface area is 97.7 Å². The second-order valence-electron chi connectivity index (χ2n) is 3.12. The zero-order valence-corrected chi connectivity index (χ0v) is 9.23. The molecule has 2 amide bonds. The van der Waals surface area contributed by atoms with Crippen molar-refractivity contribution in [1.82, 2.24) is 0 Å². The van der Waals surface area contributed by atoms with E-state index in [1.807, 2.05) is 0 Å². The Hall–Kier alpha value is -2.37. The van der Waals surface area contributed by atoms with Crippen LogP contribution in [-0.2, 0) is 9.53 Å². The standard InChI is InChI=1S/C11H12N2O4/c1-2-17-10(15)9(14)7-4-3-5-8(6-7)13-11(12)16/h3-6H,2H2,1H3,(H3,12,13,16). The molecule has 1 rings (SSSR count). The van der Waals surface area contributed by atoms with E-state index in [2.05, 4.69) is 10.1 Å². The topological polar surface area (TPSA) is 98.5 Å². The predicted octanol–water partition coefficient (Wildman–Crippen LogP) is 0.923. The molecule has 17 heavy (non-hydrogen) atoms. The van der Waals surface area contributed by atoms with Gasteiger partial charge in [0.1, 0.15) is 0 Å². The van der Waals surface area contributed by atoms with Crippen LogP contribution in [0.4, 0.5) is 10.5 Å². The first-order chi connectivity index (χ1) is 8.04. The van der Waals surface area contributed by atoms with Gasteiger partial charge in [0.15, 0.2) is 0 Å². The highest BCUT2D eigenvalue weighted by atomic mass is 16.5. The number of carbonyl (C=O) groups excluding carboxylic acids is 3. The van der Waals surface area contributed by atoms with Crippen molar-refractivity contribution in [3.63, 3.8) is 0 Å². The molecule has 0 atom stereocenters. The second-order valence-corrected chi connectivity index (χ2v) is 3.12. The summed E-state index contributed by atoms with van der Waals surface area (Å²) >= 11 is 0. The third-order valence-corrected chi connectivity index (χ3v) is 1.85. The number of Topliss-reactive ketones (excluding diaryl/α,β-unsaturated/α-hetero) is 1. The van der Waals surface area contributed by atoms with Gasteiger partial charge in [-0.2, -0.15) is 0 Å². The van der Waals surface area contributed by atoms with E-state index in [4.69, 9.17) is 5.73 Å². The maximum Gasteiger partial charge on any atom is 0.379 e. The van der Waals surface area contributed by atoms with Gasteiger partial charge in [0.05, 0.1) is 6.61 Å². The number of primary amides is 1. The van der Waals surface area contributed by atoms with E-state index in [0.717, 1.165) is 0 Å². The number of benzene rings is 1. The fraction of sp³-hybridized carbons (Fsp3) is 0.182. The van der Waals surface area contributed by atoms with Crippen LogP contribution < -0.4 is 11.1 Å². The van der Waals surface area contributed by atoms with Crippen LogP contribution in [0.2, 0.25) is 0 Å². The van der Waals surface area contributed by atoms with E-state index in [-0.39, 0.29) is 12.2 Å². The molecule has 0 fully saturated rings. The lowest BCUT2D eigenvalue weighted by molar-refractivity contribution is -0.137. The fourth-order valence-electron chi connectivity index (χ4n) is 1.19. The molecule has 0 unspecified atom stereocenters. The number of nitrogens with two attached hydrogens (primary N) is 1. The molecule has 0 aliphatic carbocycles. The summed E-state index contributed by atoms with van der Waals surface area (Å²) in [7, 11) is 0. The second kappa shape index (κ2) is 5.64. The highest BCUT2D eigenvalue weighted by Crippen LogP contribution is 2.11. The van der Waals surface area contributed by atoms with Crippen LogP contribution in [0.15, 0.2) is 24.3 Å². The highest BCUT2D eigenvalue weighted by Gasteiger charge is 2.17. The molecule has 1 aromatic carbocycles. The molecule has 0 saturated heterocycles. The molecular weight excluding hydrogens is 224 g/mol. The number of ether oxygens (including phenoxy) is 1. The molecule has 6 nitrogen and oxygen atoms in total. The van der Waals surface area contributed by atoms with E-state index in [1.165, 1.54) is 18.2 Å². The quantitative estimate of drug-likeness (QED) is 0.461. The summed E-state index contributed by atoms with van der Waals surface area (Å²) < 4.78 is 4.58. The number of amides is 2. The van der Waals surface area contributed by atoms with E-state index in [1.54, 1.807) is 13.0 Å². The lowest BCUT2D eigenvalue weighted by Gasteiger charge is -2.04. The number of ketones is 1. The maximum absolute atomic E-state index is 11.6. The van der Waals surface area contributed by atoms with Crippen LogP contribution >= 0.6 is 0 Å². The average molecular weight is 236 g/mol. The minimum absolute atomic E-state index is 0.129. The molecule has 90 valence electrons. The average Bonchev–Trinajstić information content (AvgIpc) is 2.28. The number of anilines is 1. The minimum atomic E-state index is -0.927. The third kappa shape index (κ3) is 3.60. The zero-order valence-electron chi connectivity index (χ0n) is 9.23. The molecule has 1 aromatic rings. The van der Waals surface area contributed by atoms with Crippen molar-refractivity contribution >= 4 is 23.5 Å². The van der Waals surface area contributed by atoms with Crippen LogP contribution in [0.1, 0.15) is 17.3 Å². The number of hydrogen-bond donors (Lipinski definition) is 2. The van der Waals surface area contributed by atoms with Crippen molar-refractivity contribution in [1.29, 1.82) is 0 Å². The Morgan fingerprint density at radius 2 is 2.06 bits per heavy atom. The van der Waals surface area contributed by atoms with Crippen molar-refractivity contribution in [2.45, 2.75) is 6.92 Å². The van der Waals surface area contributed by atoms with E-state index in [9.17, 15) is 14.4 Å². The number of urea groups is 1. The zero-order chi connectivity index (χ0) is 12.8. The Morgan fingerprint density at radius 1 is 1.35 bits per heavy atom. The van der Waals surface area contributed by atoms with Gasteiger partial charge in [0.25, 0.3) is 5.78 Å². The Kier molecular flexibility index (Phi) is 4.21. The number of hydrogen-bond acceptors (Lipinski definition) is 4. The van der Waals surface area contributed by atoms with Gasteiger partial charge in [-0.25, -0.2) is 9.59 Å². The van der Waals surface area contributed by atoms with Crippen molar-refractivity contribution < 1.29 is 19.1 Å². The molecular formula is C11H12N2O4. The summed E-state index contributed by atoms with van der Waals surface area (Å²) in [5.41, 5.74) is 5.41. The van der Waals surface area contributed by atoms with Crippen LogP contribution in [0.25, 0.3) is 0 Å². The van der Waals surface area contributed by atoms with Gasteiger partial charge in [-0.3, -0.25) is 4.79 Å². The van der Waals surface area contributed by atoms with Crippen LogP contribution in [-0.4, -0.2) is 24.4 Å². The van der Waals surface area contributed by atoms with Gasteiger partial charge in [-0.05, 0) is 19.1 Å². The van der Waals surface area contributed by atoms with Gasteiger partial charge in [-0.1, -0.05) is 12.1 Å². The number of nitrogens with one attached hydrogen (secondary N) is 1. The van der Waals surface area contributed by atoms with Crippen LogP contribution in [0, 0.1) is 0 Å². The number of rotatable bonds is 4. The van der Waals surface area contributed by atoms with Gasteiger partial charge >= 0.3 is 12.0 Å². The number of carbonyl (C=O) groups is 3. The van der Waals surface area contributed by atoms with Crippen molar-refractivity contribution in [3.8, 4) is 0 Å². The van der Waals surface area contributed by atoms with E-state index >= 15 is 0 Å². The maximum atomic E-state index is 11.6. The molecule has 0 aliphatic rings. The Balaban J connectivity index is 2.87. The first-order valence-corrected chi connectivity index (χ1v) is 4.92. The summed E-state index contributed by atoms with van der Waals surface area (Å²) in [5, 5.41) is 2.31. The van der Waals surface area contributed by atoms with Gasteiger partial charge in [0.2, 0.25) is 0 Å². The molecule has 0 heterocycles. The van der Waals surface area contributed by atoms with Gasteiger partial charge < -0.3 is 15.8 Å². The molecule has 3 N–H and O–H groups in total. The first kappa shape index (κ1) is 12.7. The summed E-state index contributed by atoms with van der Waals surface area (Å²) in [5.74, 6) is -1.69. The molecule has 0 saturated carbocycles. The lowest BCUT2D eigenvalue weighted by atomic mass is 10.1. The smallest absolute Gasteiger partial charge is 0.379 e. The SMILES string of the molecule is CCOC(=O)C(=O)c1cccc(NC(N)=O)c1. The Bertz CT molecular complexity index is 457. The Morgan fingerprint density at radius 3 is 2.65 bits per heavy atom. The van der Waals surface area contributed by atoms with Gasteiger partial charge in [-0.15, -0.1) is 0 Å². The molecule has 0 bridgehead atoms.